The first-order chi connectivity index (χ1) is 19.4. The van der Waals surface area contributed by atoms with Crippen LogP contribution in [0.3, 0.4) is 0 Å². The van der Waals surface area contributed by atoms with E-state index in [0.717, 1.165) is 21.3 Å². The molecule has 0 spiro atoms. The molecule has 0 aliphatic carbocycles. The summed E-state index contributed by atoms with van der Waals surface area (Å²) < 4.78 is 6.83. The molecule has 0 aromatic heterocycles. The molecule has 4 aromatic carbocycles. The van der Waals surface area contributed by atoms with E-state index in [1.54, 1.807) is 30.3 Å². The summed E-state index contributed by atoms with van der Waals surface area (Å²) in [7, 11) is 3.90. The van der Waals surface area contributed by atoms with Gasteiger partial charge in [0.1, 0.15) is 18.1 Å². The molecule has 0 saturated carbocycles. The number of nitrogens with one attached hydrogen (secondary N) is 2. The Bertz CT molecular complexity index is 1500. The highest BCUT2D eigenvalue weighted by atomic mass is 79.9. The van der Waals surface area contributed by atoms with Gasteiger partial charge in [0.05, 0.1) is 6.21 Å². The fourth-order valence-electron chi connectivity index (χ4n) is 3.69. The number of amides is 2. The second-order valence-corrected chi connectivity index (χ2v) is 9.94. The van der Waals surface area contributed by atoms with Crippen LogP contribution in [0.25, 0.3) is 6.08 Å². The molecule has 4 aromatic rings. The van der Waals surface area contributed by atoms with E-state index >= 15 is 0 Å². The van der Waals surface area contributed by atoms with Gasteiger partial charge in [0.25, 0.3) is 11.8 Å². The van der Waals surface area contributed by atoms with Crippen molar-refractivity contribution in [2.75, 3.05) is 19.0 Å². The minimum absolute atomic E-state index is 0.0541. The van der Waals surface area contributed by atoms with E-state index in [1.807, 2.05) is 97.9 Å². The van der Waals surface area contributed by atoms with E-state index in [9.17, 15) is 9.59 Å². The lowest BCUT2D eigenvalue weighted by atomic mass is 10.1. The molecule has 0 atom stereocenters. The number of rotatable bonds is 10. The Hall–Kier alpha value is -4.69. The number of nitrogens with zero attached hydrogens (tertiary/aromatic N) is 2. The topological polar surface area (TPSA) is 83.0 Å². The molecule has 202 valence electrons. The second kappa shape index (κ2) is 13.9. The predicted molar refractivity (Wildman–Crippen MR) is 163 cm³/mol. The molecule has 0 aliphatic rings. The van der Waals surface area contributed by atoms with Crippen molar-refractivity contribution in [3.05, 3.63) is 136 Å². The summed E-state index contributed by atoms with van der Waals surface area (Å²) in [6, 6.07) is 31.7. The standard InChI is InChI=1S/C32H29BrN4O3/c1-37(2)28-16-13-23(14-17-28)19-29(35-31(38)25-11-7-4-8-12-25)32(39)36-34-21-26-20-27(33)15-18-30(26)40-22-24-9-5-3-6-10-24/h3-21H,22H2,1-2H3,(H,35,38)(H,36,39)/b29-19-,34-21-. The Balaban J connectivity index is 1.52. The van der Waals surface area contributed by atoms with E-state index in [1.165, 1.54) is 6.21 Å². The maximum atomic E-state index is 13.2. The van der Waals surface area contributed by atoms with Crippen molar-refractivity contribution >= 4 is 45.7 Å². The molecule has 0 heterocycles. The minimum Gasteiger partial charge on any atom is -0.488 e. The van der Waals surface area contributed by atoms with Crippen molar-refractivity contribution in [1.82, 2.24) is 10.7 Å². The lowest BCUT2D eigenvalue weighted by Gasteiger charge is -2.13. The lowest BCUT2D eigenvalue weighted by Crippen LogP contribution is -2.32. The maximum Gasteiger partial charge on any atom is 0.287 e. The van der Waals surface area contributed by atoms with Gasteiger partial charge in [-0.2, -0.15) is 5.10 Å². The smallest absolute Gasteiger partial charge is 0.287 e. The number of carbonyl (C=O) groups is 2. The van der Waals surface area contributed by atoms with Gasteiger partial charge in [0.2, 0.25) is 0 Å². The normalized spacial score (nSPS) is 11.2. The monoisotopic (exact) mass is 596 g/mol. The summed E-state index contributed by atoms with van der Waals surface area (Å²) in [5.41, 5.74) is 6.48. The van der Waals surface area contributed by atoms with Gasteiger partial charge in [0, 0.05) is 35.4 Å². The number of ether oxygens (including phenoxy) is 1. The average Bonchev–Trinajstić information content (AvgIpc) is 2.97. The van der Waals surface area contributed by atoms with E-state index in [0.29, 0.717) is 23.5 Å². The molecular formula is C32H29BrN4O3. The van der Waals surface area contributed by atoms with Crippen LogP contribution in [0, 0.1) is 0 Å². The number of halogens is 1. The summed E-state index contributed by atoms with van der Waals surface area (Å²) in [6.07, 6.45) is 3.12. The molecule has 0 unspecified atom stereocenters. The quantitative estimate of drug-likeness (QED) is 0.133. The molecule has 8 heteroatoms. The van der Waals surface area contributed by atoms with Crippen LogP contribution in [0.2, 0.25) is 0 Å². The first kappa shape index (κ1) is 28.3. The Morgan fingerprint density at radius 1 is 0.900 bits per heavy atom. The fourth-order valence-corrected chi connectivity index (χ4v) is 4.06. The van der Waals surface area contributed by atoms with Crippen LogP contribution in [0.4, 0.5) is 5.69 Å². The molecule has 2 N–H and O–H groups in total. The average molecular weight is 598 g/mol. The van der Waals surface area contributed by atoms with Gasteiger partial charge in [-0.15, -0.1) is 0 Å². The van der Waals surface area contributed by atoms with Crippen molar-refractivity contribution in [1.29, 1.82) is 0 Å². The number of benzene rings is 4. The van der Waals surface area contributed by atoms with Gasteiger partial charge >= 0.3 is 0 Å². The van der Waals surface area contributed by atoms with Crippen molar-refractivity contribution in [2.45, 2.75) is 6.61 Å². The molecule has 40 heavy (non-hydrogen) atoms. The second-order valence-electron chi connectivity index (χ2n) is 9.02. The van der Waals surface area contributed by atoms with Gasteiger partial charge in [-0.1, -0.05) is 76.6 Å². The van der Waals surface area contributed by atoms with Crippen LogP contribution in [-0.2, 0) is 11.4 Å². The summed E-state index contributed by atoms with van der Waals surface area (Å²) in [5, 5.41) is 6.87. The number of anilines is 1. The van der Waals surface area contributed by atoms with E-state index in [4.69, 9.17) is 4.74 Å². The summed E-state index contributed by atoms with van der Waals surface area (Å²) in [6.45, 7) is 0.390. The largest absolute Gasteiger partial charge is 0.488 e. The molecule has 7 nitrogen and oxygen atoms in total. The van der Waals surface area contributed by atoms with Gasteiger partial charge in [0.15, 0.2) is 0 Å². The van der Waals surface area contributed by atoms with E-state index < -0.39 is 11.8 Å². The summed E-state index contributed by atoms with van der Waals surface area (Å²) in [5.74, 6) is -0.363. The number of hydrazone groups is 1. The summed E-state index contributed by atoms with van der Waals surface area (Å²) >= 11 is 3.47. The van der Waals surface area contributed by atoms with Gasteiger partial charge in [-0.25, -0.2) is 5.43 Å². The molecule has 0 aliphatic heterocycles. The Morgan fingerprint density at radius 2 is 1.57 bits per heavy atom. The van der Waals surface area contributed by atoms with E-state index in [-0.39, 0.29) is 5.70 Å². The van der Waals surface area contributed by atoms with Crippen LogP contribution in [-0.4, -0.2) is 32.1 Å². The third kappa shape index (κ3) is 8.15. The molecule has 0 saturated heterocycles. The SMILES string of the molecule is CN(C)c1ccc(/C=C(\NC(=O)c2ccccc2)C(=O)N/N=C\c2cc(Br)ccc2OCc2ccccc2)cc1. The van der Waals surface area contributed by atoms with Crippen LogP contribution in [0.15, 0.2) is 118 Å². The van der Waals surface area contributed by atoms with Crippen molar-refractivity contribution in [3.8, 4) is 5.75 Å². The highest BCUT2D eigenvalue weighted by Gasteiger charge is 2.14. The Labute approximate surface area is 242 Å². The maximum absolute atomic E-state index is 13.2. The number of hydrogen-bond donors (Lipinski definition) is 2. The first-order valence-electron chi connectivity index (χ1n) is 12.5. The van der Waals surface area contributed by atoms with Crippen LogP contribution in [0.1, 0.15) is 27.0 Å². The molecule has 4 rings (SSSR count). The van der Waals surface area contributed by atoms with Gasteiger partial charge in [-0.3, -0.25) is 9.59 Å². The van der Waals surface area contributed by atoms with E-state index in [2.05, 4.69) is 31.8 Å². The highest BCUT2D eigenvalue weighted by molar-refractivity contribution is 9.10. The van der Waals surface area contributed by atoms with Crippen molar-refractivity contribution in [3.63, 3.8) is 0 Å². The third-order valence-electron chi connectivity index (χ3n) is 5.83. The lowest BCUT2D eigenvalue weighted by molar-refractivity contribution is -0.117. The van der Waals surface area contributed by atoms with Crippen LogP contribution in [0.5, 0.6) is 5.75 Å². The molecule has 0 fully saturated rings. The third-order valence-corrected chi connectivity index (χ3v) is 6.32. The van der Waals surface area contributed by atoms with Gasteiger partial charge in [-0.05, 0) is 59.7 Å². The Morgan fingerprint density at radius 3 is 2.25 bits per heavy atom. The molecule has 0 bridgehead atoms. The summed E-state index contributed by atoms with van der Waals surface area (Å²) in [4.78, 5) is 28.0. The zero-order valence-corrected chi connectivity index (χ0v) is 23.8. The minimum atomic E-state index is -0.570. The van der Waals surface area contributed by atoms with Crippen LogP contribution >= 0.6 is 15.9 Å². The zero-order chi connectivity index (χ0) is 28.3. The highest BCUT2D eigenvalue weighted by Crippen LogP contribution is 2.23. The predicted octanol–water partition coefficient (Wildman–Crippen LogP) is 6.02. The molecular weight excluding hydrogens is 568 g/mol. The molecule has 0 radical (unpaired) electrons. The van der Waals surface area contributed by atoms with Crippen molar-refractivity contribution in [2.24, 2.45) is 5.10 Å². The first-order valence-corrected chi connectivity index (χ1v) is 13.3. The number of carbonyl (C=O) groups excluding carboxylic acids is 2. The zero-order valence-electron chi connectivity index (χ0n) is 22.2. The van der Waals surface area contributed by atoms with Crippen molar-refractivity contribution < 1.29 is 14.3 Å². The Kier molecular flexibility index (Phi) is 9.85. The number of hydrogen-bond acceptors (Lipinski definition) is 5. The fraction of sp³-hybridized carbons (Fsp3) is 0.0938. The van der Waals surface area contributed by atoms with Gasteiger partial charge < -0.3 is 15.0 Å². The van der Waals surface area contributed by atoms with Crippen LogP contribution < -0.4 is 20.4 Å². The molecule has 2 amide bonds.